The number of hydrogen-bond acceptors (Lipinski definition) is 4. The lowest BCUT2D eigenvalue weighted by Crippen LogP contribution is -2.38. The number of nitrogens with zero attached hydrogens (tertiary/aromatic N) is 2. The minimum Gasteiger partial charge on any atom is -0.457 e. The van der Waals surface area contributed by atoms with E-state index in [0.717, 1.165) is 9.87 Å². The molecule has 0 spiro atoms. The maximum absolute atomic E-state index is 12.1. The third kappa shape index (κ3) is 5.06. The molecule has 0 aromatic heterocycles. The molecule has 6 nitrogen and oxygen atoms in total. The lowest BCUT2D eigenvalue weighted by Gasteiger charge is -2.17. The third-order valence-corrected chi connectivity index (χ3v) is 4.85. The number of nitrogens with one attached hydrogen (secondary N) is 1. The van der Waals surface area contributed by atoms with Crippen LogP contribution in [0.15, 0.2) is 54.6 Å². The first kappa shape index (κ1) is 17.9. The summed E-state index contributed by atoms with van der Waals surface area (Å²) in [6, 6.07) is 18.4. The SMILES string of the molecule is CN(CCC#N)S(=O)(=O)NCc1ccccc1Oc1ccccc1. The van der Waals surface area contributed by atoms with Gasteiger partial charge in [0.25, 0.3) is 10.2 Å². The highest BCUT2D eigenvalue weighted by Gasteiger charge is 2.17. The summed E-state index contributed by atoms with van der Waals surface area (Å²) in [7, 11) is -2.21. The average Bonchev–Trinajstić information content (AvgIpc) is 2.60. The highest BCUT2D eigenvalue weighted by atomic mass is 32.2. The smallest absolute Gasteiger partial charge is 0.279 e. The maximum Gasteiger partial charge on any atom is 0.279 e. The van der Waals surface area contributed by atoms with Crippen molar-refractivity contribution in [3.63, 3.8) is 0 Å². The zero-order valence-corrected chi connectivity index (χ0v) is 14.2. The Morgan fingerprint density at radius 3 is 2.50 bits per heavy atom. The molecule has 126 valence electrons. The summed E-state index contributed by atoms with van der Waals surface area (Å²) in [4.78, 5) is 0. The fourth-order valence-corrected chi connectivity index (χ4v) is 2.86. The van der Waals surface area contributed by atoms with Gasteiger partial charge in [0.05, 0.1) is 6.07 Å². The van der Waals surface area contributed by atoms with E-state index in [0.29, 0.717) is 11.5 Å². The third-order valence-electron chi connectivity index (χ3n) is 3.34. The molecular weight excluding hydrogens is 326 g/mol. The molecule has 0 radical (unpaired) electrons. The van der Waals surface area contributed by atoms with Crippen molar-refractivity contribution in [3.8, 4) is 17.6 Å². The van der Waals surface area contributed by atoms with Gasteiger partial charge >= 0.3 is 0 Å². The Kier molecular flexibility index (Phi) is 6.32. The Balaban J connectivity index is 2.07. The van der Waals surface area contributed by atoms with Crippen LogP contribution < -0.4 is 9.46 Å². The molecule has 0 saturated heterocycles. The van der Waals surface area contributed by atoms with Gasteiger partial charge < -0.3 is 4.74 Å². The molecule has 0 amide bonds. The first-order valence-electron chi connectivity index (χ1n) is 7.41. The number of nitriles is 1. The van der Waals surface area contributed by atoms with Crippen molar-refractivity contribution in [1.82, 2.24) is 9.03 Å². The van der Waals surface area contributed by atoms with E-state index in [9.17, 15) is 8.42 Å². The van der Waals surface area contributed by atoms with Gasteiger partial charge in [-0.05, 0) is 18.2 Å². The van der Waals surface area contributed by atoms with Crippen LogP contribution in [0, 0.1) is 11.3 Å². The van der Waals surface area contributed by atoms with Gasteiger partial charge in [0, 0.05) is 32.1 Å². The van der Waals surface area contributed by atoms with Crippen LogP contribution in [0.3, 0.4) is 0 Å². The standard InChI is InChI=1S/C17H19N3O3S/c1-20(13-7-12-18)24(21,22)19-14-15-8-5-6-11-17(15)23-16-9-3-2-4-10-16/h2-6,8-11,19H,7,13-14H2,1H3. The quantitative estimate of drug-likeness (QED) is 0.797. The Hall–Kier alpha value is -2.40. The van der Waals surface area contributed by atoms with Gasteiger partial charge in [-0.1, -0.05) is 36.4 Å². The lowest BCUT2D eigenvalue weighted by molar-refractivity contribution is 0.459. The summed E-state index contributed by atoms with van der Waals surface area (Å²) < 4.78 is 33.7. The predicted molar refractivity (Wildman–Crippen MR) is 91.6 cm³/mol. The normalized spacial score (nSPS) is 11.2. The Bertz CT molecular complexity index is 801. The number of ether oxygens (including phenoxy) is 1. The topological polar surface area (TPSA) is 82.4 Å². The molecule has 0 atom stereocenters. The van der Waals surface area contributed by atoms with Crippen LogP contribution in [0.2, 0.25) is 0 Å². The summed E-state index contributed by atoms with van der Waals surface area (Å²) >= 11 is 0. The molecular formula is C17H19N3O3S. The highest BCUT2D eigenvalue weighted by Crippen LogP contribution is 2.25. The van der Waals surface area contributed by atoms with E-state index < -0.39 is 10.2 Å². The van der Waals surface area contributed by atoms with Crippen molar-refractivity contribution in [2.75, 3.05) is 13.6 Å². The number of para-hydroxylation sites is 2. The molecule has 0 aliphatic heterocycles. The second kappa shape index (κ2) is 8.45. The largest absolute Gasteiger partial charge is 0.457 e. The Morgan fingerprint density at radius 2 is 1.79 bits per heavy atom. The molecule has 0 aliphatic rings. The van der Waals surface area contributed by atoms with Crippen molar-refractivity contribution < 1.29 is 13.2 Å². The second-order valence-electron chi connectivity index (χ2n) is 5.08. The van der Waals surface area contributed by atoms with Crippen LogP contribution in [-0.4, -0.2) is 26.3 Å². The van der Waals surface area contributed by atoms with Crippen LogP contribution >= 0.6 is 0 Å². The van der Waals surface area contributed by atoms with E-state index in [2.05, 4.69) is 4.72 Å². The molecule has 24 heavy (non-hydrogen) atoms. The number of hydrogen-bond donors (Lipinski definition) is 1. The molecule has 2 rings (SSSR count). The van der Waals surface area contributed by atoms with Gasteiger partial charge in [-0.25, -0.2) is 0 Å². The average molecular weight is 345 g/mol. The Labute approximate surface area is 142 Å². The van der Waals surface area contributed by atoms with E-state index in [1.807, 2.05) is 48.5 Å². The molecule has 0 saturated carbocycles. The van der Waals surface area contributed by atoms with Crippen molar-refractivity contribution >= 4 is 10.2 Å². The summed E-state index contributed by atoms with van der Waals surface area (Å²) in [5.41, 5.74) is 0.721. The first-order valence-corrected chi connectivity index (χ1v) is 8.85. The van der Waals surface area contributed by atoms with Crippen LogP contribution in [0.25, 0.3) is 0 Å². The zero-order valence-electron chi connectivity index (χ0n) is 13.3. The van der Waals surface area contributed by atoms with E-state index in [1.165, 1.54) is 7.05 Å². The fourth-order valence-electron chi connectivity index (χ4n) is 1.97. The van der Waals surface area contributed by atoms with Crippen LogP contribution in [0.5, 0.6) is 11.5 Å². The molecule has 2 aromatic carbocycles. The van der Waals surface area contributed by atoms with E-state index >= 15 is 0 Å². The van der Waals surface area contributed by atoms with Crippen LogP contribution in [0.4, 0.5) is 0 Å². The van der Waals surface area contributed by atoms with Crippen molar-refractivity contribution in [2.24, 2.45) is 0 Å². The summed E-state index contributed by atoms with van der Waals surface area (Å²) in [6.45, 7) is 0.246. The molecule has 0 aliphatic carbocycles. The van der Waals surface area contributed by atoms with E-state index in [1.54, 1.807) is 12.1 Å². The molecule has 7 heteroatoms. The van der Waals surface area contributed by atoms with Gasteiger partial charge in [0.15, 0.2) is 0 Å². The van der Waals surface area contributed by atoms with Gasteiger partial charge in [0.1, 0.15) is 11.5 Å². The fraction of sp³-hybridized carbons (Fsp3) is 0.235. The van der Waals surface area contributed by atoms with Gasteiger partial charge in [-0.3, -0.25) is 0 Å². The number of rotatable bonds is 8. The van der Waals surface area contributed by atoms with E-state index in [4.69, 9.17) is 10.00 Å². The molecule has 1 N–H and O–H groups in total. The van der Waals surface area contributed by atoms with Crippen molar-refractivity contribution in [3.05, 3.63) is 60.2 Å². The van der Waals surface area contributed by atoms with Crippen LogP contribution in [0.1, 0.15) is 12.0 Å². The maximum atomic E-state index is 12.1. The lowest BCUT2D eigenvalue weighted by atomic mass is 10.2. The van der Waals surface area contributed by atoms with Gasteiger partial charge in [0.2, 0.25) is 0 Å². The summed E-state index contributed by atoms with van der Waals surface area (Å²) in [5, 5.41) is 8.56. The summed E-state index contributed by atoms with van der Waals surface area (Å²) in [6.07, 6.45) is 0.144. The van der Waals surface area contributed by atoms with Gasteiger partial charge in [-0.2, -0.15) is 22.7 Å². The number of benzene rings is 2. The Morgan fingerprint density at radius 1 is 1.12 bits per heavy atom. The summed E-state index contributed by atoms with van der Waals surface area (Å²) in [5.74, 6) is 1.27. The van der Waals surface area contributed by atoms with Crippen LogP contribution in [-0.2, 0) is 16.8 Å². The monoisotopic (exact) mass is 345 g/mol. The van der Waals surface area contributed by atoms with Gasteiger partial charge in [-0.15, -0.1) is 0 Å². The molecule has 0 bridgehead atoms. The predicted octanol–water partition coefficient (Wildman–Crippen LogP) is 2.66. The molecule has 0 heterocycles. The molecule has 2 aromatic rings. The highest BCUT2D eigenvalue weighted by molar-refractivity contribution is 7.87. The second-order valence-corrected chi connectivity index (χ2v) is 6.94. The van der Waals surface area contributed by atoms with E-state index in [-0.39, 0.29) is 19.5 Å². The zero-order chi connectivity index (χ0) is 17.4. The molecule has 0 unspecified atom stereocenters. The van der Waals surface area contributed by atoms with Crippen molar-refractivity contribution in [2.45, 2.75) is 13.0 Å². The minimum atomic E-state index is -3.64. The minimum absolute atomic E-state index is 0.0994. The first-order chi connectivity index (χ1) is 11.5. The van der Waals surface area contributed by atoms with Crippen molar-refractivity contribution in [1.29, 1.82) is 5.26 Å². The molecule has 0 fully saturated rings.